The van der Waals surface area contributed by atoms with Crippen molar-refractivity contribution in [2.45, 2.75) is 30.7 Å². The maximum Gasteiger partial charge on any atom is 0.266 e. The van der Waals surface area contributed by atoms with Gasteiger partial charge in [-0.15, -0.1) is 11.3 Å². The Morgan fingerprint density at radius 2 is 1.78 bits per heavy atom. The lowest BCUT2D eigenvalue weighted by atomic mass is 10.2. The van der Waals surface area contributed by atoms with Gasteiger partial charge in [0.25, 0.3) is 11.5 Å². The molecule has 0 atom stereocenters. The quantitative estimate of drug-likeness (QED) is 0.570. The Morgan fingerprint density at radius 1 is 1.03 bits per heavy atom. The summed E-state index contributed by atoms with van der Waals surface area (Å²) in [7, 11) is -3.53. The fraction of sp³-hybridized carbons (Fsp3) is 0.318. The van der Waals surface area contributed by atoms with Crippen LogP contribution in [0.2, 0.25) is 0 Å². The molecule has 1 amide bonds. The van der Waals surface area contributed by atoms with Gasteiger partial charge in [-0.1, -0.05) is 12.5 Å². The van der Waals surface area contributed by atoms with Crippen molar-refractivity contribution in [2.75, 3.05) is 19.6 Å². The number of thiophene rings is 1. The number of hydrogen-bond donors (Lipinski definition) is 1. The minimum atomic E-state index is -3.53. The molecular formula is C22H24N4O4S2. The van der Waals surface area contributed by atoms with E-state index in [4.69, 9.17) is 0 Å². The van der Waals surface area contributed by atoms with Gasteiger partial charge >= 0.3 is 0 Å². The molecule has 0 radical (unpaired) electrons. The van der Waals surface area contributed by atoms with E-state index in [2.05, 4.69) is 10.4 Å². The number of sulfonamides is 1. The van der Waals surface area contributed by atoms with Crippen LogP contribution >= 0.6 is 11.3 Å². The van der Waals surface area contributed by atoms with Crippen molar-refractivity contribution in [1.82, 2.24) is 19.4 Å². The molecule has 1 aliphatic rings. The van der Waals surface area contributed by atoms with Gasteiger partial charge in [0, 0.05) is 31.3 Å². The van der Waals surface area contributed by atoms with E-state index < -0.39 is 10.0 Å². The monoisotopic (exact) mass is 472 g/mol. The fourth-order valence-electron chi connectivity index (χ4n) is 3.57. The van der Waals surface area contributed by atoms with Crippen LogP contribution in [0.15, 0.2) is 63.6 Å². The van der Waals surface area contributed by atoms with E-state index in [1.54, 1.807) is 6.07 Å². The van der Waals surface area contributed by atoms with E-state index in [9.17, 15) is 18.0 Å². The SMILES string of the molecule is O=C(NCCn1nc(-c2cccs2)ccc1=O)c1ccc(S(=O)(=O)N2CCCCC2)cc1. The van der Waals surface area contributed by atoms with Crippen molar-refractivity contribution in [3.63, 3.8) is 0 Å². The average molecular weight is 473 g/mol. The summed E-state index contributed by atoms with van der Waals surface area (Å²) in [6.07, 6.45) is 2.78. The second-order valence-electron chi connectivity index (χ2n) is 7.50. The standard InChI is InChI=1S/C22H24N4O4S2/c27-21-11-10-19(20-5-4-16-31-20)24-26(21)15-12-23-22(28)17-6-8-18(9-7-17)32(29,30)25-13-2-1-3-14-25/h4-11,16H,1-3,12-15H2,(H,23,28). The van der Waals surface area contributed by atoms with Gasteiger partial charge < -0.3 is 5.32 Å². The molecule has 0 bridgehead atoms. The number of carbonyl (C=O) groups excluding carboxylic acids is 1. The lowest BCUT2D eigenvalue weighted by Gasteiger charge is -2.25. The molecule has 1 fully saturated rings. The van der Waals surface area contributed by atoms with Crippen LogP contribution in [0.5, 0.6) is 0 Å². The minimum absolute atomic E-state index is 0.192. The first-order chi connectivity index (χ1) is 15.4. The van der Waals surface area contributed by atoms with Crippen LogP contribution in [0.1, 0.15) is 29.6 Å². The summed E-state index contributed by atoms with van der Waals surface area (Å²) >= 11 is 1.53. The van der Waals surface area contributed by atoms with Gasteiger partial charge in [-0.25, -0.2) is 13.1 Å². The molecule has 0 spiro atoms. The molecule has 168 valence electrons. The highest BCUT2D eigenvalue weighted by atomic mass is 32.2. The highest BCUT2D eigenvalue weighted by Gasteiger charge is 2.25. The van der Waals surface area contributed by atoms with Crippen molar-refractivity contribution in [1.29, 1.82) is 0 Å². The van der Waals surface area contributed by atoms with Crippen LogP contribution < -0.4 is 10.9 Å². The lowest BCUT2D eigenvalue weighted by Crippen LogP contribution is -2.35. The number of rotatable bonds is 7. The minimum Gasteiger partial charge on any atom is -0.350 e. The van der Waals surface area contributed by atoms with Gasteiger partial charge in [-0.05, 0) is 54.6 Å². The number of nitrogens with one attached hydrogen (secondary N) is 1. The number of carbonyl (C=O) groups is 1. The molecule has 1 N–H and O–H groups in total. The Hall–Kier alpha value is -2.82. The smallest absolute Gasteiger partial charge is 0.266 e. The topological polar surface area (TPSA) is 101 Å². The number of amides is 1. The maximum atomic E-state index is 12.7. The summed E-state index contributed by atoms with van der Waals surface area (Å²) in [5.74, 6) is -0.339. The lowest BCUT2D eigenvalue weighted by molar-refractivity contribution is 0.0951. The number of hydrogen-bond acceptors (Lipinski definition) is 6. The summed E-state index contributed by atoms with van der Waals surface area (Å²) in [6, 6.07) is 12.9. The van der Waals surface area contributed by atoms with Gasteiger partial charge in [0.2, 0.25) is 10.0 Å². The Bertz CT molecular complexity index is 1230. The van der Waals surface area contributed by atoms with Crippen LogP contribution in [-0.4, -0.2) is 48.0 Å². The van der Waals surface area contributed by atoms with E-state index >= 15 is 0 Å². The molecule has 1 aliphatic heterocycles. The zero-order valence-corrected chi connectivity index (χ0v) is 19.1. The summed E-state index contributed by atoms with van der Waals surface area (Å²) in [5, 5.41) is 9.05. The Balaban J connectivity index is 1.37. The first-order valence-corrected chi connectivity index (χ1v) is 12.8. The predicted molar refractivity (Wildman–Crippen MR) is 123 cm³/mol. The number of benzene rings is 1. The van der Waals surface area contributed by atoms with Crippen molar-refractivity contribution < 1.29 is 13.2 Å². The zero-order valence-electron chi connectivity index (χ0n) is 17.4. The van der Waals surface area contributed by atoms with Crippen LogP contribution in [-0.2, 0) is 16.6 Å². The van der Waals surface area contributed by atoms with E-state index in [-0.39, 0.29) is 29.5 Å². The molecule has 0 aliphatic carbocycles. The van der Waals surface area contributed by atoms with Crippen LogP contribution in [0.4, 0.5) is 0 Å². The first-order valence-electron chi connectivity index (χ1n) is 10.5. The van der Waals surface area contributed by atoms with Crippen LogP contribution in [0.3, 0.4) is 0 Å². The average Bonchev–Trinajstić information content (AvgIpc) is 3.36. The molecule has 10 heteroatoms. The largest absolute Gasteiger partial charge is 0.350 e. The van der Waals surface area contributed by atoms with Crippen LogP contribution in [0.25, 0.3) is 10.6 Å². The van der Waals surface area contributed by atoms with E-state index in [0.29, 0.717) is 24.3 Å². The fourth-order valence-corrected chi connectivity index (χ4v) is 5.78. The maximum absolute atomic E-state index is 12.7. The van der Waals surface area contributed by atoms with Crippen molar-refractivity contribution in [3.05, 3.63) is 69.8 Å². The molecule has 0 saturated carbocycles. The van der Waals surface area contributed by atoms with Crippen LogP contribution in [0, 0.1) is 0 Å². The molecule has 8 nitrogen and oxygen atoms in total. The Morgan fingerprint density at radius 3 is 2.47 bits per heavy atom. The summed E-state index contributed by atoms with van der Waals surface area (Å²) in [4.78, 5) is 25.7. The molecule has 3 heterocycles. The first kappa shape index (κ1) is 22.4. The molecule has 2 aromatic heterocycles. The Labute approximate surface area is 190 Å². The molecular weight excluding hydrogens is 448 g/mol. The van der Waals surface area contributed by atoms with Crippen molar-refractivity contribution in [3.8, 4) is 10.6 Å². The predicted octanol–water partition coefficient (Wildman–Crippen LogP) is 2.58. The molecule has 32 heavy (non-hydrogen) atoms. The summed E-state index contributed by atoms with van der Waals surface area (Å²) < 4.78 is 28.3. The third-order valence-corrected chi connectivity index (χ3v) is 8.12. The normalized spacial score (nSPS) is 14.9. The van der Waals surface area contributed by atoms with Gasteiger partial charge in [-0.2, -0.15) is 9.40 Å². The summed E-state index contributed by atoms with van der Waals surface area (Å²) in [6.45, 7) is 1.51. The molecule has 4 rings (SSSR count). The third kappa shape index (κ3) is 4.98. The summed E-state index contributed by atoms with van der Waals surface area (Å²) in [5.41, 5.74) is 0.818. The van der Waals surface area contributed by atoms with Crippen molar-refractivity contribution in [2.24, 2.45) is 0 Å². The van der Waals surface area contributed by atoms with E-state index in [1.807, 2.05) is 17.5 Å². The van der Waals surface area contributed by atoms with Gasteiger partial charge in [0.1, 0.15) is 5.69 Å². The highest BCUT2D eigenvalue weighted by molar-refractivity contribution is 7.89. The molecule has 0 unspecified atom stereocenters. The van der Waals surface area contributed by atoms with E-state index in [0.717, 1.165) is 24.1 Å². The number of aromatic nitrogens is 2. The highest BCUT2D eigenvalue weighted by Crippen LogP contribution is 2.22. The molecule has 1 aromatic carbocycles. The second-order valence-corrected chi connectivity index (χ2v) is 10.4. The van der Waals surface area contributed by atoms with Gasteiger partial charge in [-0.3, -0.25) is 9.59 Å². The van der Waals surface area contributed by atoms with E-state index in [1.165, 1.54) is 50.7 Å². The number of piperidine rings is 1. The van der Waals surface area contributed by atoms with Gasteiger partial charge in [0.05, 0.1) is 16.3 Å². The zero-order chi connectivity index (χ0) is 22.6. The third-order valence-electron chi connectivity index (χ3n) is 5.32. The van der Waals surface area contributed by atoms with Gasteiger partial charge in [0.15, 0.2) is 0 Å². The number of nitrogens with zero attached hydrogens (tertiary/aromatic N) is 3. The molecule has 3 aromatic rings. The Kier molecular flexibility index (Phi) is 6.83. The second kappa shape index (κ2) is 9.76. The van der Waals surface area contributed by atoms with Crippen molar-refractivity contribution >= 4 is 27.3 Å². The molecule has 1 saturated heterocycles.